The van der Waals surface area contributed by atoms with Gasteiger partial charge in [0.15, 0.2) is 0 Å². The van der Waals surface area contributed by atoms with Crippen LogP contribution in [0.2, 0.25) is 0 Å². The average Bonchev–Trinajstić information content (AvgIpc) is 2.47. The molecule has 2 rings (SSSR count). The molecule has 114 valence electrons. The van der Waals surface area contributed by atoms with Crippen molar-refractivity contribution in [3.63, 3.8) is 0 Å². The molecule has 0 spiro atoms. The van der Waals surface area contributed by atoms with Crippen molar-refractivity contribution in [3.8, 4) is 5.75 Å². The predicted octanol–water partition coefficient (Wildman–Crippen LogP) is 2.29. The first-order valence-electron chi connectivity index (χ1n) is 7.33. The summed E-state index contributed by atoms with van der Waals surface area (Å²) in [4.78, 5) is 14.6. The van der Waals surface area contributed by atoms with E-state index in [0.717, 1.165) is 37.2 Å². The van der Waals surface area contributed by atoms with Gasteiger partial charge < -0.3 is 15.4 Å². The van der Waals surface area contributed by atoms with E-state index in [0.29, 0.717) is 18.0 Å². The summed E-state index contributed by atoms with van der Waals surface area (Å²) in [5.41, 5.74) is 6.81. The molecular weight excluding hydrogens is 284 g/mol. The summed E-state index contributed by atoms with van der Waals surface area (Å²) in [6.45, 7) is 3.91. The third kappa shape index (κ3) is 4.70. The van der Waals surface area contributed by atoms with Gasteiger partial charge >= 0.3 is 0 Å². The van der Waals surface area contributed by atoms with Crippen molar-refractivity contribution in [3.05, 3.63) is 29.8 Å². The van der Waals surface area contributed by atoms with E-state index >= 15 is 0 Å². The van der Waals surface area contributed by atoms with Crippen molar-refractivity contribution in [1.82, 2.24) is 4.90 Å². The molecule has 0 aliphatic carbocycles. The first kappa shape index (κ1) is 15.8. The van der Waals surface area contributed by atoms with E-state index in [4.69, 9.17) is 22.7 Å². The number of nitrogens with zero attached hydrogens (tertiary/aromatic N) is 1. The molecule has 0 bridgehead atoms. The summed E-state index contributed by atoms with van der Waals surface area (Å²) in [7, 11) is 0. The van der Waals surface area contributed by atoms with E-state index in [9.17, 15) is 4.79 Å². The summed E-state index contributed by atoms with van der Waals surface area (Å²) < 4.78 is 5.62. The molecule has 2 N–H and O–H groups in total. The van der Waals surface area contributed by atoms with Crippen molar-refractivity contribution in [1.29, 1.82) is 0 Å². The number of aryl methyl sites for hydroxylation is 1. The Kier molecular flexibility index (Phi) is 5.56. The average molecular weight is 306 g/mol. The minimum atomic E-state index is 0.143. The van der Waals surface area contributed by atoms with Gasteiger partial charge in [-0.15, -0.1) is 0 Å². The zero-order chi connectivity index (χ0) is 15.2. The molecule has 5 heteroatoms. The highest BCUT2D eigenvalue weighted by Crippen LogP contribution is 2.18. The minimum absolute atomic E-state index is 0.143. The Bertz CT molecular complexity index is 511. The van der Waals surface area contributed by atoms with Crippen LogP contribution in [0.3, 0.4) is 0 Å². The fourth-order valence-electron chi connectivity index (χ4n) is 2.53. The zero-order valence-electron chi connectivity index (χ0n) is 12.4. The number of hydrogen-bond acceptors (Lipinski definition) is 3. The smallest absolute Gasteiger partial charge is 0.225 e. The molecule has 0 unspecified atom stereocenters. The van der Waals surface area contributed by atoms with Crippen LogP contribution in [0.25, 0.3) is 0 Å². The van der Waals surface area contributed by atoms with Crippen LogP contribution in [0.5, 0.6) is 5.75 Å². The van der Waals surface area contributed by atoms with E-state index in [-0.39, 0.29) is 11.8 Å². The topological polar surface area (TPSA) is 55.6 Å². The number of nitrogens with two attached hydrogens (primary N) is 1. The fraction of sp³-hybridized carbons (Fsp3) is 0.500. The second-order valence-corrected chi connectivity index (χ2v) is 5.94. The van der Waals surface area contributed by atoms with Gasteiger partial charge in [-0.3, -0.25) is 4.79 Å². The van der Waals surface area contributed by atoms with E-state index in [1.54, 1.807) is 0 Å². The number of carbonyl (C=O) groups is 1. The lowest BCUT2D eigenvalue weighted by Crippen LogP contribution is -2.41. The van der Waals surface area contributed by atoms with Crippen molar-refractivity contribution in [2.45, 2.75) is 26.2 Å². The quantitative estimate of drug-likeness (QED) is 0.848. The van der Waals surface area contributed by atoms with E-state index < -0.39 is 0 Å². The highest BCUT2D eigenvalue weighted by atomic mass is 32.1. The first-order valence-corrected chi connectivity index (χ1v) is 7.73. The fourth-order valence-corrected chi connectivity index (χ4v) is 2.77. The van der Waals surface area contributed by atoms with Crippen molar-refractivity contribution in [2.24, 2.45) is 11.7 Å². The van der Waals surface area contributed by atoms with Gasteiger partial charge in [0.2, 0.25) is 5.91 Å². The third-order valence-electron chi connectivity index (χ3n) is 3.82. The molecule has 1 aromatic carbocycles. The molecular formula is C16H22N2O2S. The van der Waals surface area contributed by atoms with Crippen LogP contribution >= 0.6 is 12.2 Å². The number of likely N-dealkylation sites (tertiary alicyclic amines) is 1. The van der Waals surface area contributed by atoms with Gasteiger partial charge in [0.25, 0.3) is 0 Å². The molecule has 0 saturated carbocycles. The molecule has 1 amide bonds. The van der Waals surface area contributed by atoms with Gasteiger partial charge in [-0.1, -0.05) is 24.4 Å². The largest absolute Gasteiger partial charge is 0.493 e. The summed E-state index contributed by atoms with van der Waals surface area (Å²) in [5.74, 6) is 1.24. The van der Waals surface area contributed by atoms with Crippen LogP contribution in [-0.4, -0.2) is 35.5 Å². The second kappa shape index (κ2) is 7.41. The van der Waals surface area contributed by atoms with E-state index in [2.05, 4.69) is 0 Å². The van der Waals surface area contributed by atoms with Gasteiger partial charge in [0.05, 0.1) is 18.0 Å². The Morgan fingerprint density at radius 2 is 2.14 bits per heavy atom. The lowest BCUT2D eigenvalue weighted by atomic mass is 9.97. The molecule has 1 heterocycles. The molecule has 0 radical (unpaired) electrons. The molecule has 1 saturated heterocycles. The highest BCUT2D eigenvalue weighted by Gasteiger charge is 2.23. The Hall–Kier alpha value is -1.62. The Balaban J connectivity index is 1.72. The van der Waals surface area contributed by atoms with Crippen molar-refractivity contribution < 1.29 is 9.53 Å². The summed E-state index contributed by atoms with van der Waals surface area (Å²) in [6.07, 6.45) is 2.16. The third-order valence-corrected chi connectivity index (χ3v) is 4.16. The molecule has 0 atom stereocenters. The monoisotopic (exact) mass is 306 g/mol. The number of ether oxygens (including phenoxy) is 1. The summed E-state index contributed by atoms with van der Waals surface area (Å²) in [5, 5.41) is 0. The predicted molar refractivity (Wildman–Crippen MR) is 87.4 cm³/mol. The molecule has 0 aromatic heterocycles. The maximum atomic E-state index is 12.1. The van der Waals surface area contributed by atoms with Crippen LogP contribution in [0.4, 0.5) is 0 Å². The Morgan fingerprint density at radius 1 is 1.43 bits per heavy atom. The lowest BCUT2D eigenvalue weighted by Gasteiger charge is -2.31. The van der Waals surface area contributed by atoms with Crippen LogP contribution in [-0.2, 0) is 4.79 Å². The Morgan fingerprint density at radius 3 is 2.76 bits per heavy atom. The second-order valence-electron chi connectivity index (χ2n) is 5.47. The SMILES string of the molecule is Cc1cccc(OCCC(=O)N2CCC(C(N)=S)CC2)c1. The van der Waals surface area contributed by atoms with Gasteiger partial charge in [-0.05, 0) is 37.5 Å². The Labute approximate surface area is 131 Å². The molecule has 1 fully saturated rings. The number of piperidine rings is 1. The van der Waals surface area contributed by atoms with Crippen LogP contribution in [0.1, 0.15) is 24.8 Å². The molecule has 4 nitrogen and oxygen atoms in total. The first-order chi connectivity index (χ1) is 10.1. The van der Waals surface area contributed by atoms with Gasteiger partial charge in [-0.25, -0.2) is 0 Å². The van der Waals surface area contributed by atoms with Gasteiger partial charge in [-0.2, -0.15) is 0 Å². The van der Waals surface area contributed by atoms with Crippen LogP contribution in [0.15, 0.2) is 24.3 Å². The number of rotatable bonds is 5. The maximum Gasteiger partial charge on any atom is 0.225 e. The van der Waals surface area contributed by atoms with Crippen LogP contribution in [0, 0.1) is 12.8 Å². The maximum absolute atomic E-state index is 12.1. The molecule has 1 aromatic rings. The lowest BCUT2D eigenvalue weighted by molar-refractivity contribution is -0.132. The summed E-state index contributed by atoms with van der Waals surface area (Å²) in [6, 6.07) is 7.85. The number of hydrogen-bond donors (Lipinski definition) is 1. The van der Waals surface area contributed by atoms with Crippen molar-refractivity contribution in [2.75, 3.05) is 19.7 Å². The van der Waals surface area contributed by atoms with Gasteiger partial charge in [0, 0.05) is 19.0 Å². The van der Waals surface area contributed by atoms with E-state index in [1.807, 2.05) is 36.1 Å². The molecule has 1 aliphatic rings. The molecule has 21 heavy (non-hydrogen) atoms. The van der Waals surface area contributed by atoms with Gasteiger partial charge in [0.1, 0.15) is 5.75 Å². The highest BCUT2D eigenvalue weighted by molar-refractivity contribution is 7.80. The normalized spacial score (nSPS) is 15.8. The number of carbonyl (C=O) groups excluding carboxylic acids is 1. The number of thiocarbonyl (C=S) groups is 1. The summed E-state index contributed by atoms with van der Waals surface area (Å²) >= 11 is 5.01. The standard InChI is InChI=1S/C16H22N2O2S/c1-12-3-2-4-14(11-12)20-10-7-15(19)18-8-5-13(6-9-18)16(17)21/h2-4,11,13H,5-10H2,1H3,(H2,17,21). The zero-order valence-corrected chi connectivity index (χ0v) is 13.2. The number of benzene rings is 1. The van der Waals surface area contributed by atoms with Crippen LogP contribution < -0.4 is 10.5 Å². The number of amides is 1. The molecule has 1 aliphatic heterocycles. The minimum Gasteiger partial charge on any atom is -0.493 e. The van der Waals surface area contributed by atoms with Crippen molar-refractivity contribution >= 4 is 23.1 Å². The van der Waals surface area contributed by atoms with E-state index in [1.165, 1.54) is 0 Å².